The lowest BCUT2D eigenvalue weighted by Crippen LogP contribution is -2.39. The van der Waals surface area contributed by atoms with E-state index in [4.69, 9.17) is 0 Å². The lowest BCUT2D eigenvalue weighted by molar-refractivity contribution is 0.163. The van der Waals surface area contributed by atoms with Crippen molar-refractivity contribution in [3.8, 4) is 0 Å². The van der Waals surface area contributed by atoms with Crippen LogP contribution in [-0.2, 0) is 0 Å². The van der Waals surface area contributed by atoms with Crippen LogP contribution < -0.4 is 5.32 Å². The van der Waals surface area contributed by atoms with E-state index in [1.807, 2.05) is 0 Å². The van der Waals surface area contributed by atoms with Gasteiger partial charge in [0.1, 0.15) is 0 Å². The van der Waals surface area contributed by atoms with Crippen LogP contribution in [0.2, 0.25) is 0 Å². The SMILES string of the molecule is CC1(C)CCN(C2CCCCC2)CCN1. The molecule has 2 fully saturated rings. The summed E-state index contributed by atoms with van der Waals surface area (Å²) in [6, 6.07) is 0.898. The molecule has 0 atom stereocenters. The fourth-order valence-electron chi connectivity index (χ4n) is 2.97. The zero-order valence-electron chi connectivity index (χ0n) is 10.4. The summed E-state index contributed by atoms with van der Waals surface area (Å²) in [5, 5.41) is 3.65. The van der Waals surface area contributed by atoms with Gasteiger partial charge in [0.2, 0.25) is 0 Å². The van der Waals surface area contributed by atoms with Gasteiger partial charge in [0.05, 0.1) is 0 Å². The van der Waals surface area contributed by atoms with Crippen LogP contribution in [0.25, 0.3) is 0 Å². The summed E-state index contributed by atoms with van der Waals surface area (Å²) < 4.78 is 0. The van der Waals surface area contributed by atoms with Crippen molar-refractivity contribution in [2.75, 3.05) is 19.6 Å². The summed E-state index contributed by atoms with van der Waals surface area (Å²) in [6.45, 7) is 8.39. The van der Waals surface area contributed by atoms with E-state index >= 15 is 0 Å². The lowest BCUT2D eigenvalue weighted by atomic mass is 9.93. The third-order valence-electron chi connectivity index (χ3n) is 4.12. The normalized spacial score (nSPS) is 30.0. The molecular formula is C13H26N2. The van der Waals surface area contributed by atoms with Crippen LogP contribution in [0.5, 0.6) is 0 Å². The Morgan fingerprint density at radius 1 is 1.07 bits per heavy atom. The quantitative estimate of drug-likeness (QED) is 0.715. The highest BCUT2D eigenvalue weighted by molar-refractivity contribution is 4.86. The summed E-state index contributed by atoms with van der Waals surface area (Å²) >= 11 is 0. The first kappa shape index (κ1) is 11.4. The molecule has 0 aromatic carbocycles. The maximum Gasteiger partial charge on any atom is 0.0137 e. The van der Waals surface area contributed by atoms with Gasteiger partial charge in [0.25, 0.3) is 0 Å². The molecular weight excluding hydrogens is 184 g/mol. The Morgan fingerprint density at radius 2 is 1.80 bits per heavy atom. The van der Waals surface area contributed by atoms with Gasteiger partial charge in [-0.3, -0.25) is 4.90 Å². The smallest absolute Gasteiger partial charge is 0.0137 e. The summed E-state index contributed by atoms with van der Waals surface area (Å²) in [5.74, 6) is 0. The van der Waals surface area contributed by atoms with Gasteiger partial charge in [0.15, 0.2) is 0 Å². The second-order valence-electron chi connectivity index (χ2n) is 5.89. The highest BCUT2D eigenvalue weighted by atomic mass is 15.2. The summed E-state index contributed by atoms with van der Waals surface area (Å²) in [7, 11) is 0. The van der Waals surface area contributed by atoms with Gasteiger partial charge in [-0.05, 0) is 33.1 Å². The predicted octanol–water partition coefficient (Wildman–Crippen LogP) is 2.39. The molecule has 0 unspecified atom stereocenters. The van der Waals surface area contributed by atoms with Gasteiger partial charge in [-0.2, -0.15) is 0 Å². The Labute approximate surface area is 94.4 Å². The van der Waals surface area contributed by atoms with Crippen molar-refractivity contribution in [2.24, 2.45) is 0 Å². The third-order valence-corrected chi connectivity index (χ3v) is 4.12. The Kier molecular flexibility index (Phi) is 3.68. The van der Waals surface area contributed by atoms with Crippen LogP contribution in [-0.4, -0.2) is 36.1 Å². The number of hydrogen-bond acceptors (Lipinski definition) is 2. The van der Waals surface area contributed by atoms with Crippen LogP contribution in [0.15, 0.2) is 0 Å². The zero-order chi connectivity index (χ0) is 10.7. The molecule has 1 saturated carbocycles. The second-order valence-corrected chi connectivity index (χ2v) is 5.89. The van der Waals surface area contributed by atoms with Gasteiger partial charge in [-0.15, -0.1) is 0 Å². The van der Waals surface area contributed by atoms with Crippen molar-refractivity contribution >= 4 is 0 Å². The van der Waals surface area contributed by atoms with Crippen LogP contribution >= 0.6 is 0 Å². The monoisotopic (exact) mass is 210 g/mol. The number of nitrogens with zero attached hydrogens (tertiary/aromatic N) is 1. The van der Waals surface area contributed by atoms with Crippen molar-refractivity contribution in [3.05, 3.63) is 0 Å². The molecule has 1 aliphatic heterocycles. The van der Waals surface area contributed by atoms with E-state index < -0.39 is 0 Å². The Bertz CT molecular complexity index is 195. The third kappa shape index (κ3) is 3.18. The first-order chi connectivity index (χ1) is 7.17. The highest BCUT2D eigenvalue weighted by Gasteiger charge is 2.26. The van der Waals surface area contributed by atoms with Crippen LogP contribution in [0.1, 0.15) is 52.4 Å². The highest BCUT2D eigenvalue weighted by Crippen LogP contribution is 2.24. The van der Waals surface area contributed by atoms with Crippen molar-refractivity contribution in [1.82, 2.24) is 10.2 Å². The van der Waals surface area contributed by atoms with Gasteiger partial charge in [-0.25, -0.2) is 0 Å². The van der Waals surface area contributed by atoms with E-state index in [9.17, 15) is 0 Å². The first-order valence-corrected chi connectivity index (χ1v) is 6.66. The lowest BCUT2D eigenvalue weighted by Gasteiger charge is -2.33. The Morgan fingerprint density at radius 3 is 2.53 bits per heavy atom. The maximum absolute atomic E-state index is 3.65. The van der Waals surface area contributed by atoms with Crippen LogP contribution in [0, 0.1) is 0 Å². The number of hydrogen-bond donors (Lipinski definition) is 1. The maximum atomic E-state index is 3.65. The Hall–Kier alpha value is -0.0800. The molecule has 88 valence electrons. The van der Waals surface area contributed by atoms with E-state index in [0.717, 1.165) is 6.04 Å². The molecule has 0 aromatic rings. The number of rotatable bonds is 1. The fourth-order valence-corrected chi connectivity index (χ4v) is 2.97. The molecule has 0 spiro atoms. The predicted molar refractivity (Wildman–Crippen MR) is 65.1 cm³/mol. The summed E-state index contributed by atoms with van der Waals surface area (Å²) in [6.07, 6.45) is 8.56. The van der Waals surface area contributed by atoms with E-state index in [1.165, 1.54) is 58.2 Å². The molecule has 2 heteroatoms. The van der Waals surface area contributed by atoms with Crippen molar-refractivity contribution in [2.45, 2.75) is 64.0 Å². The zero-order valence-corrected chi connectivity index (χ0v) is 10.4. The Balaban J connectivity index is 1.87. The van der Waals surface area contributed by atoms with E-state index in [0.29, 0.717) is 5.54 Å². The second kappa shape index (κ2) is 4.84. The molecule has 2 rings (SSSR count). The standard InChI is InChI=1S/C13H26N2/c1-13(2)8-10-15(11-9-14-13)12-6-4-3-5-7-12/h12,14H,3-11H2,1-2H3. The van der Waals surface area contributed by atoms with Crippen LogP contribution in [0.3, 0.4) is 0 Å². The molecule has 0 bridgehead atoms. The largest absolute Gasteiger partial charge is 0.310 e. The molecule has 0 amide bonds. The average Bonchev–Trinajstić information content (AvgIpc) is 2.41. The molecule has 1 heterocycles. The first-order valence-electron chi connectivity index (χ1n) is 6.66. The van der Waals surface area contributed by atoms with E-state index in [1.54, 1.807) is 0 Å². The minimum Gasteiger partial charge on any atom is -0.310 e. The van der Waals surface area contributed by atoms with Crippen molar-refractivity contribution < 1.29 is 0 Å². The molecule has 15 heavy (non-hydrogen) atoms. The average molecular weight is 210 g/mol. The molecule has 1 saturated heterocycles. The van der Waals surface area contributed by atoms with Gasteiger partial charge < -0.3 is 5.32 Å². The van der Waals surface area contributed by atoms with Gasteiger partial charge in [-0.1, -0.05) is 19.3 Å². The summed E-state index contributed by atoms with van der Waals surface area (Å²) in [4.78, 5) is 2.74. The topological polar surface area (TPSA) is 15.3 Å². The molecule has 2 aliphatic rings. The van der Waals surface area contributed by atoms with E-state index in [-0.39, 0.29) is 0 Å². The fraction of sp³-hybridized carbons (Fsp3) is 1.00. The molecule has 2 nitrogen and oxygen atoms in total. The van der Waals surface area contributed by atoms with Crippen molar-refractivity contribution in [1.29, 1.82) is 0 Å². The number of nitrogens with one attached hydrogen (secondary N) is 1. The van der Waals surface area contributed by atoms with Crippen LogP contribution in [0.4, 0.5) is 0 Å². The molecule has 1 N–H and O–H groups in total. The van der Waals surface area contributed by atoms with Gasteiger partial charge in [0, 0.05) is 31.2 Å². The van der Waals surface area contributed by atoms with E-state index in [2.05, 4.69) is 24.1 Å². The molecule has 0 aromatic heterocycles. The minimum atomic E-state index is 0.351. The molecule has 0 radical (unpaired) electrons. The minimum absolute atomic E-state index is 0.351. The summed E-state index contributed by atoms with van der Waals surface area (Å²) in [5.41, 5.74) is 0.351. The van der Waals surface area contributed by atoms with Crippen molar-refractivity contribution in [3.63, 3.8) is 0 Å². The van der Waals surface area contributed by atoms with Gasteiger partial charge >= 0.3 is 0 Å². The molecule has 1 aliphatic carbocycles.